The summed E-state index contributed by atoms with van der Waals surface area (Å²) in [6.07, 6.45) is 6.32. The van der Waals surface area contributed by atoms with Crippen LogP contribution in [0.5, 0.6) is 17.2 Å². The number of nitrogens with zero attached hydrogens (tertiary/aromatic N) is 1. The van der Waals surface area contributed by atoms with Crippen LogP contribution < -0.4 is 19.5 Å². The average molecular weight is 376 g/mol. The predicted molar refractivity (Wildman–Crippen MR) is 104 cm³/mol. The van der Waals surface area contributed by atoms with Crippen LogP contribution in [0, 0.1) is 0 Å². The van der Waals surface area contributed by atoms with E-state index in [-0.39, 0.29) is 5.91 Å². The molecule has 1 N–H and O–H groups in total. The lowest BCUT2D eigenvalue weighted by Gasteiger charge is -2.26. The molecular formula is C20H28N2O5. The third-order valence-electron chi connectivity index (χ3n) is 4.80. The maximum atomic E-state index is 11.8. The van der Waals surface area contributed by atoms with Crippen molar-refractivity contribution in [3.63, 3.8) is 0 Å². The molecule has 7 heteroatoms. The Bertz CT molecular complexity index is 780. The smallest absolute Gasteiger partial charge is 0.221 e. The Labute approximate surface area is 159 Å². The number of benzene rings is 1. The molecule has 1 aliphatic rings. The Hall–Kier alpha value is -2.41. The van der Waals surface area contributed by atoms with Crippen molar-refractivity contribution in [3.05, 3.63) is 12.3 Å². The Morgan fingerprint density at radius 1 is 1.15 bits per heavy atom. The van der Waals surface area contributed by atoms with Crippen molar-refractivity contribution in [1.29, 1.82) is 0 Å². The topological polar surface area (TPSA) is 73.2 Å². The second-order valence-electron chi connectivity index (χ2n) is 6.72. The Morgan fingerprint density at radius 2 is 1.89 bits per heavy atom. The lowest BCUT2D eigenvalue weighted by molar-refractivity contribution is -0.114. The summed E-state index contributed by atoms with van der Waals surface area (Å²) in [6, 6.07) is 1.78. The molecule has 1 aliphatic heterocycles. The Balaban J connectivity index is 1.83. The lowest BCUT2D eigenvalue weighted by Crippen LogP contribution is -2.31. The van der Waals surface area contributed by atoms with E-state index in [0.717, 1.165) is 31.4 Å². The van der Waals surface area contributed by atoms with E-state index in [1.54, 1.807) is 26.5 Å². The maximum Gasteiger partial charge on any atom is 0.221 e. The zero-order valence-corrected chi connectivity index (χ0v) is 16.3. The standard InChI is InChI=1S/C20H28N2O5/c1-14(23)21-16-17(24-2)15-8-13-27-18(15)20(25-3)19(16)26-12-7-11-22-9-5-4-6-10-22/h8,13H,4-7,9-12H2,1-3H3,(H,21,23). The summed E-state index contributed by atoms with van der Waals surface area (Å²) in [7, 11) is 3.11. The summed E-state index contributed by atoms with van der Waals surface area (Å²) in [5.74, 6) is 1.18. The van der Waals surface area contributed by atoms with E-state index in [2.05, 4.69) is 10.2 Å². The van der Waals surface area contributed by atoms with Gasteiger partial charge in [-0.05, 0) is 38.4 Å². The largest absolute Gasteiger partial charge is 0.494 e. The lowest BCUT2D eigenvalue weighted by atomic mass is 10.1. The molecule has 0 bridgehead atoms. The van der Waals surface area contributed by atoms with Gasteiger partial charge in [-0.3, -0.25) is 4.79 Å². The molecule has 1 aromatic heterocycles. The number of carbonyl (C=O) groups excluding carboxylic acids is 1. The maximum absolute atomic E-state index is 11.8. The summed E-state index contributed by atoms with van der Waals surface area (Å²) in [6.45, 7) is 5.28. The van der Waals surface area contributed by atoms with Gasteiger partial charge >= 0.3 is 0 Å². The van der Waals surface area contributed by atoms with Gasteiger partial charge in [-0.15, -0.1) is 0 Å². The summed E-state index contributed by atoms with van der Waals surface area (Å²) < 4.78 is 22.7. The molecule has 0 radical (unpaired) electrons. The molecule has 0 aliphatic carbocycles. The van der Waals surface area contributed by atoms with E-state index >= 15 is 0 Å². The first-order valence-corrected chi connectivity index (χ1v) is 9.43. The van der Waals surface area contributed by atoms with E-state index in [1.807, 2.05) is 0 Å². The Kier molecular flexibility index (Phi) is 6.45. The minimum Gasteiger partial charge on any atom is -0.494 e. The number of hydrogen-bond donors (Lipinski definition) is 1. The number of carbonyl (C=O) groups is 1. The first kappa shape index (κ1) is 19.4. The minimum atomic E-state index is -0.212. The number of likely N-dealkylation sites (tertiary alicyclic amines) is 1. The fourth-order valence-electron chi connectivity index (χ4n) is 3.59. The highest BCUT2D eigenvalue weighted by atomic mass is 16.5. The number of hydrogen-bond acceptors (Lipinski definition) is 6. The zero-order chi connectivity index (χ0) is 19.2. The van der Waals surface area contributed by atoms with Crippen molar-refractivity contribution in [1.82, 2.24) is 4.90 Å². The molecule has 2 aromatic rings. The Morgan fingerprint density at radius 3 is 2.56 bits per heavy atom. The monoisotopic (exact) mass is 376 g/mol. The number of piperidine rings is 1. The van der Waals surface area contributed by atoms with Crippen molar-refractivity contribution in [2.45, 2.75) is 32.6 Å². The number of furan rings is 1. The molecule has 2 heterocycles. The molecule has 0 spiro atoms. The van der Waals surface area contributed by atoms with Gasteiger partial charge in [0.25, 0.3) is 0 Å². The summed E-state index contributed by atoms with van der Waals surface area (Å²) in [5.41, 5.74) is 1.00. The van der Waals surface area contributed by atoms with E-state index in [4.69, 9.17) is 18.6 Å². The van der Waals surface area contributed by atoms with Gasteiger partial charge in [0, 0.05) is 13.5 Å². The third kappa shape index (κ3) is 4.30. The fraction of sp³-hybridized carbons (Fsp3) is 0.550. The molecule has 0 saturated carbocycles. The molecule has 0 unspecified atom stereocenters. The van der Waals surface area contributed by atoms with E-state index in [9.17, 15) is 4.79 Å². The van der Waals surface area contributed by atoms with Gasteiger partial charge in [0.15, 0.2) is 17.1 Å². The molecule has 1 aromatic carbocycles. The van der Waals surface area contributed by atoms with E-state index in [1.165, 1.54) is 26.2 Å². The summed E-state index contributed by atoms with van der Waals surface area (Å²) >= 11 is 0. The van der Waals surface area contributed by atoms with E-state index in [0.29, 0.717) is 35.1 Å². The highest BCUT2D eigenvalue weighted by Gasteiger charge is 2.25. The van der Waals surface area contributed by atoms with Gasteiger partial charge in [0.2, 0.25) is 11.7 Å². The fourth-order valence-corrected chi connectivity index (χ4v) is 3.59. The van der Waals surface area contributed by atoms with Crippen molar-refractivity contribution in [3.8, 4) is 17.2 Å². The molecule has 27 heavy (non-hydrogen) atoms. The number of rotatable bonds is 8. The van der Waals surface area contributed by atoms with Crippen molar-refractivity contribution < 1.29 is 23.4 Å². The molecule has 7 nitrogen and oxygen atoms in total. The van der Waals surface area contributed by atoms with E-state index < -0.39 is 0 Å². The first-order valence-electron chi connectivity index (χ1n) is 9.43. The number of ether oxygens (including phenoxy) is 3. The SMILES string of the molecule is COc1c(NC(C)=O)c(OCCCN2CCCCC2)c(OC)c2occc12. The predicted octanol–water partition coefficient (Wildman–Crippen LogP) is 3.66. The van der Waals surface area contributed by atoms with Crippen molar-refractivity contribution in [2.24, 2.45) is 0 Å². The third-order valence-corrected chi connectivity index (χ3v) is 4.80. The zero-order valence-electron chi connectivity index (χ0n) is 16.3. The molecule has 148 valence electrons. The van der Waals surface area contributed by atoms with Crippen LogP contribution in [0.1, 0.15) is 32.6 Å². The molecule has 3 rings (SSSR count). The number of anilines is 1. The number of nitrogens with one attached hydrogen (secondary N) is 1. The second-order valence-corrected chi connectivity index (χ2v) is 6.72. The molecule has 1 fully saturated rings. The highest BCUT2D eigenvalue weighted by molar-refractivity contribution is 6.03. The highest BCUT2D eigenvalue weighted by Crippen LogP contribution is 2.49. The van der Waals surface area contributed by atoms with Gasteiger partial charge in [-0.25, -0.2) is 0 Å². The van der Waals surface area contributed by atoms with Gasteiger partial charge in [-0.1, -0.05) is 6.42 Å². The average Bonchev–Trinajstić information content (AvgIpc) is 3.14. The van der Waals surface area contributed by atoms with Crippen molar-refractivity contribution >= 4 is 22.6 Å². The molecule has 1 saturated heterocycles. The van der Waals surface area contributed by atoms with Gasteiger partial charge < -0.3 is 28.8 Å². The van der Waals surface area contributed by atoms with Crippen LogP contribution >= 0.6 is 0 Å². The summed E-state index contributed by atoms with van der Waals surface area (Å²) in [5, 5.41) is 3.54. The first-order chi connectivity index (χ1) is 13.2. The molecular weight excluding hydrogens is 348 g/mol. The van der Waals surface area contributed by atoms with Gasteiger partial charge in [0.1, 0.15) is 5.69 Å². The normalized spacial score (nSPS) is 14.9. The van der Waals surface area contributed by atoms with Crippen LogP contribution in [0.3, 0.4) is 0 Å². The van der Waals surface area contributed by atoms with Crippen molar-refractivity contribution in [2.75, 3.05) is 45.8 Å². The van der Waals surface area contributed by atoms with Gasteiger partial charge in [-0.2, -0.15) is 0 Å². The van der Waals surface area contributed by atoms with Gasteiger partial charge in [0.05, 0.1) is 32.5 Å². The molecule has 1 amide bonds. The van der Waals surface area contributed by atoms with Crippen LogP contribution in [-0.4, -0.2) is 51.3 Å². The van der Waals surface area contributed by atoms with Crippen LogP contribution in [-0.2, 0) is 4.79 Å². The quantitative estimate of drug-likeness (QED) is 0.709. The van der Waals surface area contributed by atoms with Crippen LogP contribution in [0.25, 0.3) is 11.0 Å². The number of amides is 1. The molecule has 0 atom stereocenters. The van der Waals surface area contributed by atoms with Crippen LogP contribution in [0.15, 0.2) is 16.7 Å². The number of fused-ring (bicyclic) bond motifs is 1. The van der Waals surface area contributed by atoms with Crippen LogP contribution in [0.2, 0.25) is 0 Å². The number of methoxy groups -OCH3 is 2. The second kappa shape index (κ2) is 8.99. The summed E-state index contributed by atoms with van der Waals surface area (Å²) in [4.78, 5) is 14.2. The van der Waals surface area contributed by atoms with Crippen LogP contribution in [0.4, 0.5) is 5.69 Å². The minimum absolute atomic E-state index is 0.212.